The number of aliphatic hydroxyl groups excluding tert-OH is 1. The normalized spacial score (nSPS) is 29.7. The fourth-order valence-electron chi connectivity index (χ4n) is 5.94. The number of halogens is 2. The van der Waals surface area contributed by atoms with E-state index in [-0.39, 0.29) is 76.7 Å². The zero-order valence-electron chi connectivity index (χ0n) is 67.6. The van der Waals surface area contributed by atoms with Crippen molar-refractivity contribution in [1.82, 2.24) is 30.6 Å². The number of methoxy groups -OCH3 is 1. The van der Waals surface area contributed by atoms with E-state index < -0.39 is 160 Å². The van der Waals surface area contributed by atoms with Crippen LogP contribution in [-0.2, 0) is 56.6 Å². The molecule has 442 valence electrons. The summed E-state index contributed by atoms with van der Waals surface area (Å²) < 4.78 is 192. The average molecular weight is 1250 g/mol. The highest BCUT2D eigenvalue weighted by atomic mass is 79.9. The molecular formula is C52H73BrClN9O16S. The summed E-state index contributed by atoms with van der Waals surface area (Å²) in [5.74, 6) is -15.7. The Morgan fingerprint density at radius 2 is 1.26 bits per heavy atom. The van der Waals surface area contributed by atoms with Crippen molar-refractivity contribution in [3.05, 3.63) is 108 Å². The first-order chi connectivity index (χ1) is 46.6. The van der Waals surface area contributed by atoms with Crippen LogP contribution in [0, 0.1) is 26.1 Å². The van der Waals surface area contributed by atoms with Gasteiger partial charge in [-0.1, -0.05) is 69.3 Å². The number of fused-ring (bicyclic) bond motifs is 2. The van der Waals surface area contributed by atoms with Crippen molar-refractivity contribution in [2.24, 2.45) is 5.89 Å². The molecule has 5 aliphatic rings. The molecule has 3 saturated heterocycles. The molecule has 5 aliphatic heterocycles. The average Bonchev–Trinajstić information content (AvgIpc) is 1.59. The number of carbonyl (C=O) groups excluding carboxylic acids is 10. The van der Waals surface area contributed by atoms with Crippen molar-refractivity contribution in [1.29, 1.82) is 2.60 Å². The van der Waals surface area contributed by atoms with Crippen LogP contribution in [0.15, 0.2) is 54.6 Å². The highest BCUT2D eigenvalue weighted by Gasteiger charge is 2.42. The molecule has 0 saturated carbocycles. The van der Waals surface area contributed by atoms with Crippen molar-refractivity contribution in [2.45, 2.75) is 117 Å². The summed E-state index contributed by atoms with van der Waals surface area (Å²) in [6.45, 7) is 6.17. The number of ether oxygens (including phenoxy) is 1. The topological polar surface area (TPSA) is 358 Å². The number of nitrogens with zero attached hydrogens (tertiary/aromatic N) is 5. The van der Waals surface area contributed by atoms with Crippen LogP contribution >= 0.6 is 41.7 Å². The molecule has 3 atom stereocenters. The summed E-state index contributed by atoms with van der Waals surface area (Å²) in [5, 5.41) is 26.0. The number of hydrogen-bond acceptors (Lipinski definition) is 18. The Balaban J connectivity index is 0. The lowest BCUT2D eigenvalue weighted by atomic mass is 10.0. The van der Waals surface area contributed by atoms with Crippen LogP contribution in [0.3, 0.4) is 0 Å². The van der Waals surface area contributed by atoms with Gasteiger partial charge in [0.2, 0.25) is 36.9 Å². The second kappa shape index (κ2) is 36.9. The van der Waals surface area contributed by atoms with E-state index in [0.29, 0.717) is 0 Å². The number of aliphatic hydroxyl groups is 1. The van der Waals surface area contributed by atoms with Gasteiger partial charge in [0.05, 0.1) is 53.9 Å². The molecule has 2 unspecified atom stereocenters. The number of nitrogens with two attached hydrogens (primary N) is 1. The monoisotopic (exact) mass is 1250 g/mol. The Morgan fingerprint density at radius 3 is 1.68 bits per heavy atom. The van der Waals surface area contributed by atoms with Crippen molar-refractivity contribution in [3.8, 4) is 0 Å². The van der Waals surface area contributed by atoms with Gasteiger partial charge in [0.25, 0.3) is 23.2 Å². The smallest absolute Gasteiger partial charge is 0.338 e. The number of amides is 8. The first-order valence-electron chi connectivity index (χ1n) is 34.1. The van der Waals surface area contributed by atoms with Crippen molar-refractivity contribution in [3.63, 3.8) is 0 Å². The number of nitro groups is 2. The first kappa shape index (κ1) is 40.9. The van der Waals surface area contributed by atoms with Gasteiger partial charge in [0, 0.05) is 94.8 Å². The zero-order chi connectivity index (χ0) is 81.5. The minimum Gasteiger partial charge on any atom is -0.465 e. The number of anilines is 1. The molecule has 0 aliphatic carbocycles. The van der Waals surface area contributed by atoms with Crippen molar-refractivity contribution >= 4 is 118 Å². The quantitative estimate of drug-likeness (QED) is 0.0444. The molecule has 0 bridgehead atoms. The Hall–Kier alpha value is -7.20. The van der Waals surface area contributed by atoms with E-state index in [2.05, 4.69) is 63.8 Å². The number of rotatable bonds is 9. The molecule has 0 spiro atoms. The number of nitrogen functional groups attached to an aromatic ring is 1. The van der Waals surface area contributed by atoms with E-state index >= 15 is 0 Å². The number of ketones is 1. The number of nitro benzene ring substituents is 2. The van der Waals surface area contributed by atoms with Gasteiger partial charge >= 0.3 is 5.97 Å². The predicted octanol–water partition coefficient (Wildman–Crippen LogP) is 5.44. The lowest BCUT2D eigenvalue weighted by Crippen LogP contribution is -2.52. The van der Waals surface area contributed by atoms with Crippen LogP contribution in [0.1, 0.15) is 165 Å². The number of imide groups is 3. The standard InChI is InChI=1S/C13H11N3O5.C13H13N3O3.C9H8BrNO4.C6H9NO2.C6H15N.C3H6O.CH4O.CH4.ClH.H2S/c17-11-5-4-10(12(18)14-11)15-6-8-7(13(15)19)2-1-3-9(8)16(20)21;14-9-3-1-2-7-8(9)6-16(13(7)19)10-4-5-11(17)15-12(10)18;1-15-9(12)6-3-2-4-8(11(13)14)7(6)5-10;1-4-2-3-5(8)7-6(4)9;1-4-7(5-2)6-3;1-3(2)4;1-2;;;/h1-3,10H,4-6H2,(H,14,17,18);1-3,10H,4-6,14H2,(H,15,17,18);2-4H,5H2,1H3;4H,2-3H2,1H3,(H,7,8,9);4-6H2,1-3H3;1-2H3;2H,1H3;1H4;1H;1H2/t;;;4-;;;;;;/m...0....../s1/i2*4D2,5D2,6D2,10D;5D2;2D2,3D2,4D;;1D;2D;;;/hD2. The van der Waals surface area contributed by atoms with Crippen LogP contribution in [0.2, 0.25) is 1.41 Å². The molecule has 0 aromatic heterocycles. The van der Waals surface area contributed by atoms with E-state index in [9.17, 15) is 68.2 Å². The fourth-order valence-corrected chi connectivity index (χ4v) is 6.35. The molecule has 3 fully saturated rings. The van der Waals surface area contributed by atoms with Crippen LogP contribution < -0.4 is 21.7 Å². The molecule has 3 aromatic carbocycles. The number of carbonyl (C=O) groups is 10. The second-order valence-corrected chi connectivity index (χ2v) is 14.9. The Labute approximate surface area is 520 Å². The van der Waals surface area contributed by atoms with Gasteiger partial charge in [-0.05, 0) is 76.8 Å². The van der Waals surface area contributed by atoms with Crippen LogP contribution in [-0.4, -0.2) is 137 Å². The summed E-state index contributed by atoms with van der Waals surface area (Å²) >= 11 is 6.56. The number of Topliss-reactive ketones (excluding diaryl/α,β-unsaturated/α-hetero) is 1. The highest BCUT2D eigenvalue weighted by Crippen LogP contribution is 2.34. The van der Waals surface area contributed by atoms with E-state index in [0.717, 1.165) is 38.3 Å². The van der Waals surface area contributed by atoms with E-state index in [4.69, 9.17) is 39.9 Å². The van der Waals surface area contributed by atoms with Gasteiger partial charge in [-0.25, -0.2) is 4.79 Å². The Bertz CT molecular complexity index is 3780. The lowest BCUT2D eigenvalue weighted by molar-refractivity contribution is -0.385. The van der Waals surface area contributed by atoms with E-state index in [1.807, 2.05) is 0 Å². The molecule has 8 rings (SSSR count). The first-order valence-corrected chi connectivity index (χ1v) is 22.5. The number of esters is 1. The molecule has 0 radical (unpaired) electrons. The highest BCUT2D eigenvalue weighted by molar-refractivity contribution is 9.08. The minimum atomic E-state index is -3.70. The van der Waals surface area contributed by atoms with Gasteiger partial charge < -0.3 is 35.1 Å². The summed E-state index contributed by atoms with van der Waals surface area (Å²) in [6.07, 6.45) is -20.1. The Morgan fingerprint density at radius 1 is 0.838 bits per heavy atom. The number of nitrogens with one attached hydrogen (secondary N) is 3. The van der Waals surface area contributed by atoms with Crippen LogP contribution in [0.4, 0.5) is 17.1 Å². The third-order valence-electron chi connectivity index (χ3n) is 9.53. The van der Waals surface area contributed by atoms with E-state index in [1.165, 1.54) is 74.6 Å². The van der Waals surface area contributed by atoms with Gasteiger partial charge in [0.1, 0.15) is 19.0 Å². The molecule has 80 heavy (non-hydrogen) atoms. The maximum absolute atomic E-state index is 12.8. The molecular weight excluding hydrogens is 1150 g/mol. The fraction of sp³-hybridized carbons (Fsp3) is 0.462. The van der Waals surface area contributed by atoms with Crippen molar-refractivity contribution in [2.75, 3.05) is 39.6 Å². The molecule has 3 aromatic rings. The van der Waals surface area contributed by atoms with Crippen LogP contribution in [0.25, 0.3) is 0 Å². The number of benzene rings is 3. The van der Waals surface area contributed by atoms with Crippen LogP contribution in [0.5, 0.6) is 0 Å². The van der Waals surface area contributed by atoms with Gasteiger partial charge in [-0.15, -0.1) is 12.3 Å². The molecule has 6 N–H and O–H groups in total. The van der Waals surface area contributed by atoms with Gasteiger partial charge in [-0.2, -0.15) is 13.5 Å². The third kappa shape index (κ3) is 21.1. The summed E-state index contributed by atoms with van der Waals surface area (Å²) in [4.78, 5) is 140. The molecule has 28 heteroatoms. The van der Waals surface area contributed by atoms with Gasteiger partial charge in [-0.3, -0.25) is 74.5 Å². The molecule has 8 amide bonds. The third-order valence-corrected chi connectivity index (χ3v) is 9.93. The summed E-state index contributed by atoms with van der Waals surface area (Å²) in [6, 6.07) is 3.51. The minimum absolute atomic E-state index is 0. The SMILES string of the molecule is C.CCN(CC)CC.S.[2H]C([2H])(Br)c1c(C(=O)OC)cccc1[N+](=O)[O-].[2H]C1([2H])c2c(N)cccc2C(=O)N1C1([2H])C(=O)NC(=O)C([2H])([2H])C1([2H])[2H].[2H]C1([2H])c2c(cccc2[N+](=O)[O-])C(=O)N1C1([2H])C(=O)NC(=O)C([2H])([2H])C1([2H])[2H].[2H]CC(C)=O.[2H]Cl.[2H]N1C(=O)C([2H])([2H])C([2H])([2H])[C@]([2H])(C)C1=O.[2H]OC. The largest absolute Gasteiger partial charge is 0.465 e. The maximum atomic E-state index is 12.8. The summed E-state index contributed by atoms with van der Waals surface area (Å²) in [5.41, 5.74) is 1.73. The van der Waals surface area contributed by atoms with E-state index in [1.54, 1.807) is 0 Å². The summed E-state index contributed by atoms with van der Waals surface area (Å²) in [7, 11) is 2.41. The predicted molar refractivity (Wildman–Crippen MR) is 307 cm³/mol. The van der Waals surface area contributed by atoms with Gasteiger partial charge in [0.15, 0.2) is 1.41 Å². The Kier molecular flexibility index (Phi) is 18.8. The zero-order valence-corrected chi connectivity index (χ0v) is 45.9. The number of hydrogen-bond donors (Lipinski definition) is 5. The lowest BCUT2D eigenvalue weighted by Gasteiger charge is -2.29. The second-order valence-electron chi connectivity index (χ2n) is 14.5. The molecule has 25 nitrogen and oxygen atoms in total. The number of piperidine rings is 3. The number of alkyl halides is 1. The maximum Gasteiger partial charge on any atom is 0.338 e. The van der Waals surface area contributed by atoms with Crippen molar-refractivity contribution < 1.29 is 99.2 Å². The molecule has 5 heterocycles.